The summed E-state index contributed by atoms with van der Waals surface area (Å²) < 4.78 is 5.75. The van der Waals surface area contributed by atoms with Gasteiger partial charge in [-0.25, -0.2) is 0 Å². The second-order valence-electron chi connectivity index (χ2n) is 4.72. The Morgan fingerprint density at radius 1 is 1.41 bits per heavy atom. The van der Waals surface area contributed by atoms with Crippen LogP contribution >= 0.6 is 11.6 Å². The van der Waals surface area contributed by atoms with Crippen molar-refractivity contribution in [3.8, 4) is 5.75 Å². The van der Waals surface area contributed by atoms with E-state index in [1.165, 1.54) is 24.8 Å². The number of nitrogens with one attached hydrogen (secondary N) is 1. The molecule has 0 radical (unpaired) electrons. The zero-order valence-electron chi connectivity index (χ0n) is 10.3. The summed E-state index contributed by atoms with van der Waals surface area (Å²) in [5, 5.41) is 4.22. The molecule has 0 aliphatic carbocycles. The minimum Gasteiger partial charge on any atom is -0.492 e. The van der Waals surface area contributed by atoms with E-state index in [0.29, 0.717) is 11.1 Å². The molecule has 1 fully saturated rings. The summed E-state index contributed by atoms with van der Waals surface area (Å²) >= 11 is 6.08. The van der Waals surface area contributed by atoms with Gasteiger partial charge in [-0.2, -0.15) is 0 Å². The van der Waals surface area contributed by atoms with Crippen LogP contribution in [0.1, 0.15) is 31.2 Å². The number of hydrogen-bond acceptors (Lipinski definition) is 2. The average molecular weight is 254 g/mol. The van der Waals surface area contributed by atoms with E-state index in [-0.39, 0.29) is 0 Å². The standard InChI is InChI=1S/C14H20ClNO/c1-11-5-6-13(15)14(10-11)17-9-7-12-4-2-3-8-16-12/h5-6,10,12,16H,2-4,7-9H2,1H3/t12-/m1/s1. The van der Waals surface area contributed by atoms with Crippen molar-refractivity contribution in [2.75, 3.05) is 13.2 Å². The number of benzene rings is 1. The fourth-order valence-corrected chi connectivity index (χ4v) is 2.37. The van der Waals surface area contributed by atoms with Gasteiger partial charge in [-0.1, -0.05) is 24.1 Å². The van der Waals surface area contributed by atoms with Crippen molar-refractivity contribution in [3.63, 3.8) is 0 Å². The van der Waals surface area contributed by atoms with Crippen molar-refractivity contribution in [3.05, 3.63) is 28.8 Å². The fraction of sp³-hybridized carbons (Fsp3) is 0.571. The number of rotatable bonds is 4. The number of hydrogen-bond donors (Lipinski definition) is 1. The first kappa shape index (κ1) is 12.7. The van der Waals surface area contributed by atoms with Crippen LogP contribution in [0.5, 0.6) is 5.75 Å². The zero-order chi connectivity index (χ0) is 12.1. The van der Waals surface area contributed by atoms with Gasteiger partial charge in [0.2, 0.25) is 0 Å². The smallest absolute Gasteiger partial charge is 0.138 e. The summed E-state index contributed by atoms with van der Waals surface area (Å²) in [5.74, 6) is 0.808. The lowest BCUT2D eigenvalue weighted by atomic mass is 10.0. The third-order valence-corrected chi connectivity index (χ3v) is 3.54. The summed E-state index contributed by atoms with van der Waals surface area (Å²) in [6.07, 6.45) is 4.97. The summed E-state index contributed by atoms with van der Waals surface area (Å²) in [5.41, 5.74) is 1.18. The molecule has 0 unspecified atom stereocenters. The van der Waals surface area contributed by atoms with Crippen molar-refractivity contribution < 1.29 is 4.74 Å². The van der Waals surface area contributed by atoms with Gasteiger partial charge in [0.1, 0.15) is 5.75 Å². The molecule has 1 atom stereocenters. The Balaban J connectivity index is 1.79. The molecule has 1 aromatic rings. The highest BCUT2D eigenvalue weighted by atomic mass is 35.5. The topological polar surface area (TPSA) is 21.3 Å². The normalized spacial score (nSPS) is 20.2. The van der Waals surface area contributed by atoms with Gasteiger partial charge in [0.05, 0.1) is 11.6 Å². The van der Waals surface area contributed by atoms with E-state index in [9.17, 15) is 0 Å². The maximum Gasteiger partial charge on any atom is 0.138 e. The Morgan fingerprint density at radius 2 is 2.29 bits per heavy atom. The number of aryl methyl sites for hydroxylation is 1. The van der Waals surface area contributed by atoms with Crippen LogP contribution in [0.4, 0.5) is 0 Å². The van der Waals surface area contributed by atoms with E-state index in [1.54, 1.807) is 0 Å². The van der Waals surface area contributed by atoms with E-state index in [2.05, 4.69) is 5.32 Å². The van der Waals surface area contributed by atoms with Gasteiger partial charge in [0.25, 0.3) is 0 Å². The molecule has 94 valence electrons. The first-order valence-electron chi connectivity index (χ1n) is 6.38. The fourth-order valence-electron chi connectivity index (χ4n) is 2.20. The van der Waals surface area contributed by atoms with Gasteiger partial charge < -0.3 is 10.1 Å². The van der Waals surface area contributed by atoms with E-state index >= 15 is 0 Å². The largest absolute Gasteiger partial charge is 0.492 e. The van der Waals surface area contributed by atoms with Crippen LogP contribution in [0, 0.1) is 6.92 Å². The molecule has 3 heteroatoms. The lowest BCUT2D eigenvalue weighted by molar-refractivity contribution is 0.268. The Labute approximate surface area is 108 Å². The lowest BCUT2D eigenvalue weighted by Crippen LogP contribution is -2.35. The van der Waals surface area contributed by atoms with Crippen LogP contribution < -0.4 is 10.1 Å². The Hall–Kier alpha value is -0.730. The SMILES string of the molecule is Cc1ccc(Cl)c(OCC[C@H]2CCCCN2)c1. The van der Waals surface area contributed by atoms with E-state index < -0.39 is 0 Å². The third kappa shape index (κ3) is 3.90. The predicted molar refractivity (Wildman–Crippen MR) is 71.9 cm³/mol. The summed E-state index contributed by atoms with van der Waals surface area (Å²) in [7, 11) is 0. The van der Waals surface area contributed by atoms with E-state index in [4.69, 9.17) is 16.3 Å². The molecule has 2 nitrogen and oxygen atoms in total. The first-order chi connectivity index (χ1) is 8.25. The van der Waals surface area contributed by atoms with Crippen molar-refractivity contribution in [2.24, 2.45) is 0 Å². The van der Waals surface area contributed by atoms with Crippen LogP contribution in [0.2, 0.25) is 5.02 Å². The van der Waals surface area contributed by atoms with Crippen LogP contribution in [-0.2, 0) is 0 Å². The molecular formula is C14H20ClNO. The van der Waals surface area contributed by atoms with Crippen LogP contribution in [0.3, 0.4) is 0 Å². The highest BCUT2D eigenvalue weighted by Crippen LogP contribution is 2.25. The Bertz CT molecular complexity index is 361. The molecule has 17 heavy (non-hydrogen) atoms. The monoisotopic (exact) mass is 253 g/mol. The minimum absolute atomic E-state index is 0.618. The molecule has 1 N–H and O–H groups in total. The molecule has 1 aliphatic heterocycles. The van der Waals surface area contributed by atoms with Crippen LogP contribution in [0.25, 0.3) is 0 Å². The Morgan fingerprint density at radius 3 is 3.06 bits per heavy atom. The molecule has 1 aromatic carbocycles. The average Bonchev–Trinajstić information content (AvgIpc) is 2.35. The summed E-state index contributed by atoms with van der Waals surface area (Å²) in [6.45, 7) is 3.93. The third-order valence-electron chi connectivity index (χ3n) is 3.22. The number of piperidine rings is 1. The number of halogens is 1. The van der Waals surface area contributed by atoms with Crippen molar-refractivity contribution in [2.45, 2.75) is 38.6 Å². The maximum absolute atomic E-state index is 6.08. The molecule has 0 spiro atoms. The van der Waals surface area contributed by atoms with Gasteiger partial charge in [-0.15, -0.1) is 0 Å². The molecule has 1 saturated heterocycles. The second kappa shape index (κ2) is 6.27. The minimum atomic E-state index is 0.618. The maximum atomic E-state index is 6.08. The molecule has 1 aliphatic rings. The molecular weight excluding hydrogens is 234 g/mol. The predicted octanol–water partition coefficient (Wildman–Crippen LogP) is 3.56. The molecule has 0 aromatic heterocycles. The first-order valence-corrected chi connectivity index (χ1v) is 6.76. The molecule has 0 amide bonds. The van der Waals surface area contributed by atoms with Crippen molar-refractivity contribution >= 4 is 11.6 Å². The van der Waals surface area contributed by atoms with Gasteiger partial charge >= 0.3 is 0 Å². The Kier molecular flexibility index (Phi) is 4.69. The second-order valence-corrected chi connectivity index (χ2v) is 5.13. The van der Waals surface area contributed by atoms with Gasteiger partial charge in [-0.05, 0) is 50.4 Å². The zero-order valence-corrected chi connectivity index (χ0v) is 11.1. The highest BCUT2D eigenvalue weighted by Gasteiger charge is 2.12. The molecule has 0 saturated carbocycles. The van der Waals surface area contributed by atoms with Crippen LogP contribution in [0.15, 0.2) is 18.2 Å². The van der Waals surface area contributed by atoms with Gasteiger partial charge in [0.15, 0.2) is 0 Å². The summed E-state index contributed by atoms with van der Waals surface area (Å²) in [4.78, 5) is 0. The molecule has 1 heterocycles. The van der Waals surface area contributed by atoms with Crippen molar-refractivity contribution in [1.29, 1.82) is 0 Å². The molecule has 2 rings (SSSR count). The van der Waals surface area contributed by atoms with Crippen LogP contribution in [-0.4, -0.2) is 19.2 Å². The molecule has 0 bridgehead atoms. The van der Waals surface area contributed by atoms with Gasteiger partial charge in [0, 0.05) is 6.04 Å². The highest BCUT2D eigenvalue weighted by molar-refractivity contribution is 6.32. The quantitative estimate of drug-likeness (QED) is 0.886. The number of ether oxygens (including phenoxy) is 1. The summed E-state index contributed by atoms with van der Waals surface area (Å²) in [6, 6.07) is 6.51. The van der Waals surface area contributed by atoms with E-state index in [1.807, 2.05) is 25.1 Å². The van der Waals surface area contributed by atoms with Crippen molar-refractivity contribution in [1.82, 2.24) is 5.32 Å². The van der Waals surface area contributed by atoms with E-state index in [0.717, 1.165) is 25.3 Å². The van der Waals surface area contributed by atoms with Gasteiger partial charge in [-0.3, -0.25) is 0 Å². The lowest BCUT2D eigenvalue weighted by Gasteiger charge is -2.23.